The maximum absolute atomic E-state index is 13.0. The first-order valence-corrected chi connectivity index (χ1v) is 10.1. The summed E-state index contributed by atoms with van der Waals surface area (Å²) in [5, 5.41) is 6.34. The lowest BCUT2D eigenvalue weighted by molar-refractivity contribution is 0.613. The van der Waals surface area contributed by atoms with Crippen molar-refractivity contribution in [3.8, 4) is 0 Å². The maximum Gasteiger partial charge on any atom is 0.352 e. The van der Waals surface area contributed by atoms with Crippen molar-refractivity contribution in [1.82, 2.24) is 18.7 Å². The molecule has 0 N–H and O–H groups in total. The summed E-state index contributed by atoms with van der Waals surface area (Å²) in [6, 6.07) is 9.58. The number of nitrogens with zero attached hydrogens (tertiary/aromatic N) is 4. The van der Waals surface area contributed by atoms with Crippen molar-refractivity contribution in [2.24, 2.45) is 0 Å². The first-order chi connectivity index (χ1) is 12.6. The molecule has 0 atom stereocenters. The summed E-state index contributed by atoms with van der Waals surface area (Å²) >= 11 is 4.81. The first kappa shape index (κ1) is 17.2. The molecule has 26 heavy (non-hydrogen) atoms. The average Bonchev–Trinajstić information content (AvgIpc) is 3.21. The molecule has 4 rings (SSSR count). The van der Waals surface area contributed by atoms with Crippen LogP contribution in [0, 0.1) is 0 Å². The van der Waals surface area contributed by atoms with Gasteiger partial charge >= 0.3 is 5.69 Å². The standard InChI is InChI=1S/C18H17BrN4O2S/c1-2-3-8-21-16(24)15-14(7-9-26-15)23-17(21)20-22(18(23)25)11-12-5-4-6-13(19)10-12/h4-7,9-10H,2-3,8,11H2,1H3. The van der Waals surface area contributed by atoms with E-state index in [0.29, 0.717) is 29.1 Å². The Morgan fingerprint density at radius 1 is 1.23 bits per heavy atom. The van der Waals surface area contributed by atoms with Crippen molar-refractivity contribution in [2.75, 3.05) is 0 Å². The Balaban J connectivity index is 1.95. The molecule has 0 saturated carbocycles. The smallest absolute Gasteiger partial charge is 0.276 e. The van der Waals surface area contributed by atoms with E-state index in [9.17, 15) is 9.59 Å². The average molecular weight is 433 g/mol. The van der Waals surface area contributed by atoms with Gasteiger partial charge < -0.3 is 0 Å². The van der Waals surface area contributed by atoms with Gasteiger partial charge in [0.1, 0.15) is 4.70 Å². The van der Waals surface area contributed by atoms with Crippen molar-refractivity contribution in [1.29, 1.82) is 0 Å². The third-order valence-corrected chi connectivity index (χ3v) is 5.73. The molecule has 0 aliphatic heterocycles. The monoisotopic (exact) mass is 432 g/mol. The summed E-state index contributed by atoms with van der Waals surface area (Å²) in [7, 11) is 0. The Morgan fingerprint density at radius 2 is 2.08 bits per heavy atom. The maximum atomic E-state index is 13.0. The van der Waals surface area contributed by atoms with Crippen LogP contribution in [0.5, 0.6) is 0 Å². The number of fused-ring (bicyclic) bond motifs is 3. The van der Waals surface area contributed by atoms with Crippen LogP contribution in [-0.2, 0) is 13.1 Å². The predicted molar refractivity (Wildman–Crippen MR) is 107 cm³/mol. The highest BCUT2D eigenvalue weighted by atomic mass is 79.9. The summed E-state index contributed by atoms with van der Waals surface area (Å²) in [5.74, 6) is 0.411. The minimum Gasteiger partial charge on any atom is -0.276 e. The number of rotatable bonds is 5. The van der Waals surface area contributed by atoms with Gasteiger partial charge in [0.15, 0.2) is 0 Å². The van der Waals surface area contributed by atoms with Gasteiger partial charge in [0, 0.05) is 11.0 Å². The minimum atomic E-state index is -0.228. The normalized spacial score (nSPS) is 11.6. The number of benzene rings is 1. The zero-order valence-corrected chi connectivity index (χ0v) is 16.6. The van der Waals surface area contributed by atoms with E-state index < -0.39 is 0 Å². The number of hydrogen-bond donors (Lipinski definition) is 0. The fourth-order valence-corrected chi connectivity index (χ4v) is 4.33. The van der Waals surface area contributed by atoms with Gasteiger partial charge in [0.05, 0.1) is 12.1 Å². The number of aromatic nitrogens is 4. The number of hydrogen-bond acceptors (Lipinski definition) is 4. The molecule has 8 heteroatoms. The zero-order valence-electron chi connectivity index (χ0n) is 14.2. The van der Waals surface area contributed by atoms with Crippen LogP contribution < -0.4 is 11.2 Å². The van der Waals surface area contributed by atoms with Crippen LogP contribution in [0.25, 0.3) is 16.0 Å². The quantitative estimate of drug-likeness (QED) is 0.484. The molecular weight excluding hydrogens is 416 g/mol. The molecule has 0 radical (unpaired) electrons. The molecule has 0 unspecified atom stereocenters. The number of aryl methyl sites for hydroxylation is 1. The Kier molecular flexibility index (Phi) is 4.54. The van der Waals surface area contributed by atoms with Crippen molar-refractivity contribution in [3.05, 3.63) is 66.6 Å². The van der Waals surface area contributed by atoms with Crippen LogP contribution in [0.15, 0.2) is 49.8 Å². The topological polar surface area (TPSA) is 61.3 Å². The Morgan fingerprint density at radius 3 is 2.85 bits per heavy atom. The molecule has 3 aromatic heterocycles. The van der Waals surface area contributed by atoms with Crippen molar-refractivity contribution < 1.29 is 0 Å². The fourth-order valence-electron chi connectivity index (χ4n) is 3.06. The highest BCUT2D eigenvalue weighted by Gasteiger charge is 2.18. The highest BCUT2D eigenvalue weighted by Crippen LogP contribution is 2.18. The molecule has 0 aliphatic carbocycles. The molecule has 0 spiro atoms. The lowest BCUT2D eigenvalue weighted by Crippen LogP contribution is -2.25. The van der Waals surface area contributed by atoms with E-state index in [1.807, 2.05) is 35.7 Å². The van der Waals surface area contributed by atoms with Crippen molar-refractivity contribution >= 4 is 43.3 Å². The van der Waals surface area contributed by atoms with Crippen LogP contribution >= 0.6 is 27.3 Å². The molecule has 134 valence electrons. The third-order valence-electron chi connectivity index (χ3n) is 4.35. The first-order valence-electron chi connectivity index (χ1n) is 8.44. The van der Waals surface area contributed by atoms with Gasteiger partial charge in [-0.25, -0.2) is 13.9 Å². The second-order valence-electron chi connectivity index (χ2n) is 6.15. The lowest BCUT2D eigenvalue weighted by atomic mass is 10.2. The number of thiophene rings is 1. The number of halogens is 1. The molecule has 6 nitrogen and oxygen atoms in total. The molecule has 0 saturated heterocycles. The van der Waals surface area contributed by atoms with E-state index in [-0.39, 0.29) is 11.2 Å². The molecule has 0 bridgehead atoms. The summed E-state index contributed by atoms with van der Waals surface area (Å²) in [4.78, 5) is 25.8. The fraction of sp³-hybridized carbons (Fsp3) is 0.278. The van der Waals surface area contributed by atoms with E-state index in [1.165, 1.54) is 16.0 Å². The molecule has 4 aromatic rings. The van der Waals surface area contributed by atoms with Gasteiger partial charge in [-0.15, -0.1) is 16.4 Å². The van der Waals surface area contributed by atoms with Gasteiger partial charge in [-0.3, -0.25) is 9.36 Å². The predicted octanol–water partition coefficient (Wildman–Crippen LogP) is 3.48. The summed E-state index contributed by atoms with van der Waals surface area (Å²) in [6.07, 6.45) is 1.82. The largest absolute Gasteiger partial charge is 0.352 e. The molecule has 0 aliphatic rings. The van der Waals surface area contributed by atoms with Crippen molar-refractivity contribution in [3.63, 3.8) is 0 Å². The number of unbranched alkanes of at least 4 members (excludes halogenated alkanes) is 1. The second kappa shape index (κ2) is 6.85. The van der Waals surface area contributed by atoms with Gasteiger partial charge in [0.25, 0.3) is 5.56 Å². The summed E-state index contributed by atoms with van der Waals surface area (Å²) in [6.45, 7) is 2.98. The van der Waals surface area contributed by atoms with E-state index in [0.717, 1.165) is 22.9 Å². The van der Waals surface area contributed by atoms with Gasteiger partial charge in [-0.2, -0.15) is 0 Å². The van der Waals surface area contributed by atoms with Crippen LogP contribution in [0.4, 0.5) is 0 Å². The van der Waals surface area contributed by atoms with Crippen LogP contribution in [-0.4, -0.2) is 18.7 Å². The molecular formula is C18H17BrN4O2S. The van der Waals surface area contributed by atoms with E-state index in [2.05, 4.69) is 28.0 Å². The third kappa shape index (κ3) is 2.83. The van der Waals surface area contributed by atoms with Crippen molar-refractivity contribution in [2.45, 2.75) is 32.9 Å². The Labute approximate surface area is 161 Å². The van der Waals surface area contributed by atoms with E-state index in [1.54, 1.807) is 8.97 Å². The zero-order chi connectivity index (χ0) is 18.3. The van der Waals surface area contributed by atoms with E-state index in [4.69, 9.17) is 0 Å². The Hall–Kier alpha value is -2.19. The summed E-state index contributed by atoms with van der Waals surface area (Å²) < 4.78 is 6.16. The molecule has 0 fully saturated rings. The van der Waals surface area contributed by atoms with Gasteiger partial charge in [-0.05, 0) is 35.6 Å². The van der Waals surface area contributed by atoms with Gasteiger partial charge in [0.2, 0.25) is 5.78 Å². The second-order valence-corrected chi connectivity index (χ2v) is 7.98. The van der Waals surface area contributed by atoms with E-state index >= 15 is 0 Å². The summed E-state index contributed by atoms with van der Waals surface area (Å²) in [5.41, 5.74) is 1.30. The lowest BCUT2D eigenvalue weighted by Gasteiger charge is -2.06. The Bertz CT molecular complexity index is 1220. The highest BCUT2D eigenvalue weighted by molar-refractivity contribution is 9.10. The molecule has 3 heterocycles. The molecule has 0 amide bonds. The van der Waals surface area contributed by atoms with Crippen LogP contribution in [0.2, 0.25) is 0 Å². The van der Waals surface area contributed by atoms with Gasteiger partial charge in [-0.1, -0.05) is 41.4 Å². The molecule has 1 aromatic carbocycles. The minimum absolute atomic E-state index is 0.0736. The van der Waals surface area contributed by atoms with Crippen LogP contribution in [0.3, 0.4) is 0 Å². The SMILES string of the molecule is CCCCn1c(=O)c2sccc2n2c(=O)n(Cc3cccc(Br)c3)nc12. The van der Waals surface area contributed by atoms with Crippen LogP contribution in [0.1, 0.15) is 25.3 Å².